The summed E-state index contributed by atoms with van der Waals surface area (Å²) in [7, 11) is 1.75. The molecule has 1 N–H and O–H groups in total. The summed E-state index contributed by atoms with van der Waals surface area (Å²) in [5, 5.41) is 10.9. The lowest BCUT2D eigenvalue weighted by Crippen LogP contribution is -2.44. The third-order valence-electron chi connectivity index (χ3n) is 7.57. The summed E-state index contributed by atoms with van der Waals surface area (Å²) in [6.07, 6.45) is 7.16. The molecule has 6 atom stereocenters. The molecule has 2 saturated carbocycles. The molecule has 3 aliphatic carbocycles. The van der Waals surface area contributed by atoms with Crippen molar-refractivity contribution in [3.8, 4) is 5.75 Å². The summed E-state index contributed by atoms with van der Waals surface area (Å²) in [6, 6.07) is 6.70. The number of ether oxygens (including phenoxy) is 1. The van der Waals surface area contributed by atoms with Crippen molar-refractivity contribution in [1.29, 1.82) is 0 Å². The van der Waals surface area contributed by atoms with Gasteiger partial charge >= 0.3 is 0 Å². The summed E-state index contributed by atoms with van der Waals surface area (Å²) < 4.78 is 5.41. The highest BCUT2D eigenvalue weighted by molar-refractivity contribution is 5.40. The lowest BCUT2D eigenvalue weighted by molar-refractivity contribution is -0.0329. The minimum absolute atomic E-state index is 0.0873. The van der Waals surface area contributed by atoms with Crippen LogP contribution in [0.3, 0.4) is 0 Å². The Morgan fingerprint density at radius 1 is 1.30 bits per heavy atom. The Labute approximate surface area is 140 Å². The highest BCUT2D eigenvalue weighted by Crippen LogP contribution is 2.62. The molecule has 2 nitrogen and oxygen atoms in total. The molecule has 2 heteroatoms. The average molecular weight is 314 g/mol. The van der Waals surface area contributed by atoms with Crippen LogP contribution in [0.2, 0.25) is 0 Å². The molecule has 0 amide bonds. The summed E-state index contributed by atoms with van der Waals surface area (Å²) in [6.45, 7) is 4.62. The van der Waals surface area contributed by atoms with E-state index in [1.54, 1.807) is 12.7 Å². The van der Waals surface area contributed by atoms with E-state index in [9.17, 15) is 5.11 Å². The van der Waals surface area contributed by atoms with Crippen LogP contribution < -0.4 is 4.74 Å². The van der Waals surface area contributed by atoms with E-state index in [1.807, 2.05) is 0 Å². The molecular weight excluding hydrogens is 284 g/mol. The molecule has 0 bridgehead atoms. The number of fused-ring (bicyclic) bond motifs is 5. The lowest BCUT2D eigenvalue weighted by atomic mass is 9.55. The van der Waals surface area contributed by atoms with Crippen molar-refractivity contribution in [2.45, 2.75) is 64.4 Å². The van der Waals surface area contributed by atoms with Crippen LogP contribution in [0.25, 0.3) is 0 Å². The van der Waals surface area contributed by atoms with E-state index in [4.69, 9.17) is 4.74 Å². The van der Waals surface area contributed by atoms with E-state index in [2.05, 4.69) is 32.0 Å². The molecule has 1 aromatic carbocycles. The highest BCUT2D eigenvalue weighted by atomic mass is 16.5. The molecule has 0 radical (unpaired) electrons. The van der Waals surface area contributed by atoms with Gasteiger partial charge in [0.05, 0.1) is 13.2 Å². The van der Waals surface area contributed by atoms with Gasteiger partial charge < -0.3 is 9.84 Å². The Balaban J connectivity index is 1.67. The second-order valence-electron chi connectivity index (χ2n) is 8.37. The fourth-order valence-corrected chi connectivity index (χ4v) is 6.23. The molecule has 0 unspecified atom stereocenters. The molecule has 126 valence electrons. The van der Waals surface area contributed by atoms with E-state index in [-0.39, 0.29) is 11.5 Å². The third kappa shape index (κ3) is 2.17. The number of methoxy groups -OCH3 is 1. The molecule has 3 aliphatic rings. The Bertz CT molecular complexity index is 596. The summed E-state index contributed by atoms with van der Waals surface area (Å²) >= 11 is 0. The number of rotatable bonds is 2. The Hall–Kier alpha value is -1.02. The zero-order valence-electron chi connectivity index (χ0n) is 14.7. The second kappa shape index (κ2) is 5.51. The SMILES string of the molecule is CC[C@H]1C[C@H]2[C@@H]3CCc4cc(OC)ccc4[C@H]3CC[C@]2(C)[C@H]1O. The molecule has 23 heavy (non-hydrogen) atoms. The maximum absolute atomic E-state index is 10.9. The number of hydrogen-bond donors (Lipinski definition) is 1. The molecule has 0 heterocycles. The van der Waals surface area contributed by atoms with Gasteiger partial charge in [0.25, 0.3) is 0 Å². The van der Waals surface area contributed by atoms with Crippen LogP contribution >= 0.6 is 0 Å². The topological polar surface area (TPSA) is 29.5 Å². The van der Waals surface area contributed by atoms with E-state index < -0.39 is 0 Å². The molecule has 0 spiro atoms. The van der Waals surface area contributed by atoms with Crippen LogP contribution in [0.4, 0.5) is 0 Å². The predicted octanol–water partition coefficient (Wildman–Crippen LogP) is 4.55. The molecule has 2 fully saturated rings. The van der Waals surface area contributed by atoms with Crippen molar-refractivity contribution >= 4 is 0 Å². The number of aliphatic hydroxyl groups is 1. The Kier molecular flexibility index (Phi) is 3.72. The predicted molar refractivity (Wildman–Crippen MR) is 92.8 cm³/mol. The van der Waals surface area contributed by atoms with Gasteiger partial charge in [-0.05, 0) is 84.5 Å². The van der Waals surface area contributed by atoms with Gasteiger partial charge in [-0.1, -0.05) is 26.3 Å². The van der Waals surface area contributed by atoms with Crippen molar-refractivity contribution in [3.63, 3.8) is 0 Å². The van der Waals surface area contributed by atoms with Gasteiger partial charge in [-0.3, -0.25) is 0 Å². The quantitative estimate of drug-likeness (QED) is 0.868. The molecule has 0 aromatic heterocycles. The third-order valence-corrected chi connectivity index (χ3v) is 7.57. The Morgan fingerprint density at radius 2 is 2.13 bits per heavy atom. The van der Waals surface area contributed by atoms with Crippen molar-refractivity contribution < 1.29 is 9.84 Å². The van der Waals surface area contributed by atoms with Crippen LogP contribution in [0.5, 0.6) is 5.75 Å². The van der Waals surface area contributed by atoms with Crippen LogP contribution in [-0.2, 0) is 6.42 Å². The standard InChI is InChI=1S/C21H30O2/c1-4-13-12-19-18-7-5-14-11-15(23-3)6-8-16(14)17(18)9-10-21(19,2)20(13)22/h6,8,11,13,17-20,22H,4-5,7,9-10,12H2,1-3H3/t13-,17+,18+,19-,20-,21-/m0/s1. The Morgan fingerprint density at radius 3 is 2.87 bits per heavy atom. The summed E-state index contributed by atoms with van der Waals surface area (Å²) in [5.74, 6) is 3.68. The fraction of sp³-hybridized carbons (Fsp3) is 0.714. The van der Waals surface area contributed by atoms with Crippen LogP contribution in [0.1, 0.15) is 63.0 Å². The number of aryl methyl sites for hydroxylation is 1. The van der Waals surface area contributed by atoms with Gasteiger partial charge in [-0.25, -0.2) is 0 Å². The summed E-state index contributed by atoms with van der Waals surface area (Å²) in [5.41, 5.74) is 3.23. The molecule has 4 rings (SSSR count). The van der Waals surface area contributed by atoms with Gasteiger partial charge in [0.1, 0.15) is 5.75 Å². The van der Waals surface area contributed by atoms with E-state index in [1.165, 1.54) is 37.7 Å². The smallest absolute Gasteiger partial charge is 0.119 e. The maximum atomic E-state index is 10.9. The lowest BCUT2D eigenvalue weighted by Gasteiger charge is -2.50. The number of aliphatic hydroxyl groups excluding tert-OH is 1. The van der Waals surface area contributed by atoms with Gasteiger partial charge in [0.15, 0.2) is 0 Å². The van der Waals surface area contributed by atoms with Crippen LogP contribution in [0.15, 0.2) is 18.2 Å². The van der Waals surface area contributed by atoms with Gasteiger partial charge in [0.2, 0.25) is 0 Å². The maximum Gasteiger partial charge on any atom is 0.119 e. The number of hydrogen-bond acceptors (Lipinski definition) is 2. The second-order valence-corrected chi connectivity index (χ2v) is 8.37. The van der Waals surface area contributed by atoms with Crippen molar-refractivity contribution in [1.82, 2.24) is 0 Å². The van der Waals surface area contributed by atoms with Gasteiger partial charge in [-0.2, -0.15) is 0 Å². The van der Waals surface area contributed by atoms with Crippen molar-refractivity contribution in [2.24, 2.45) is 23.2 Å². The zero-order valence-corrected chi connectivity index (χ0v) is 14.7. The molecule has 1 aromatic rings. The van der Waals surface area contributed by atoms with Crippen molar-refractivity contribution in [3.05, 3.63) is 29.3 Å². The molecule has 0 saturated heterocycles. The molecule has 0 aliphatic heterocycles. The first-order valence-electron chi connectivity index (χ1n) is 9.43. The average Bonchev–Trinajstić information content (AvgIpc) is 2.85. The van der Waals surface area contributed by atoms with Gasteiger partial charge in [0, 0.05) is 0 Å². The number of benzene rings is 1. The molecular formula is C21H30O2. The van der Waals surface area contributed by atoms with E-state index in [0.29, 0.717) is 17.8 Å². The minimum atomic E-state index is -0.0873. The van der Waals surface area contributed by atoms with Crippen LogP contribution in [-0.4, -0.2) is 18.3 Å². The fourth-order valence-electron chi connectivity index (χ4n) is 6.23. The highest BCUT2D eigenvalue weighted by Gasteiger charge is 2.57. The first kappa shape index (κ1) is 15.5. The largest absolute Gasteiger partial charge is 0.497 e. The minimum Gasteiger partial charge on any atom is -0.497 e. The summed E-state index contributed by atoms with van der Waals surface area (Å²) in [4.78, 5) is 0. The first-order chi connectivity index (χ1) is 11.1. The monoisotopic (exact) mass is 314 g/mol. The van der Waals surface area contributed by atoms with Gasteiger partial charge in [-0.15, -0.1) is 0 Å². The van der Waals surface area contributed by atoms with Crippen LogP contribution in [0, 0.1) is 23.2 Å². The first-order valence-corrected chi connectivity index (χ1v) is 9.43. The zero-order chi connectivity index (χ0) is 16.2. The van der Waals surface area contributed by atoms with Crippen molar-refractivity contribution in [2.75, 3.05) is 7.11 Å². The van der Waals surface area contributed by atoms with E-state index in [0.717, 1.165) is 18.1 Å². The normalized spacial score (nSPS) is 41.8. The van der Waals surface area contributed by atoms with E-state index >= 15 is 0 Å².